The third-order valence-corrected chi connectivity index (χ3v) is 2.73. The third-order valence-electron chi connectivity index (χ3n) is 1.60. The molecular formula is C9H10ClIN2O. The van der Waals surface area contributed by atoms with Crippen LogP contribution in [0.3, 0.4) is 0 Å². The summed E-state index contributed by atoms with van der Waals surface area (Å²) in [6, 6.07) is 4.74. The van der Waals surface area contributed by atoms with Crippen LogP contribution in [-0.4, -0.2) is 11.9 Å². The molecule has 0 aromatic heterocycles. The minimum atomic E-state index is -0.513. The molecule has 0 aliphatic carbocycles. The van der Waals surface area contributed by atoms with Crippen molar-refractivity contribution in [3.8, 4) is 0 Å². The molecule has 1 atom stereocenters. The van der Waals surface area contributed by atoms with Crippen LogP contribution >= 0.6 is 34.2 Å². The number of carbonyl (C=O) groups is 1. The molecule has 3 nitrogen and oxygen atoms in total. The molecule has 0 saturated carbocycles. The van der Waals surface area contributed by atoms with Gasteiger partial charge >= 0.3 is 0 Å². The highest BCUT2D eigenvalue weighted by Gasteiger charge is 2.09. The van der Waals surface area contributed by atoms with Gasteiger partial charge in [-0.25, -0.2) is 0 Å². The van der Waals surface area contributed by atoms with Crippen LogP contribution in [0.15, 0.2) is 18.2 Å². The van der Waals surface area contributed by atoms with Crippen LogP contribution in [0.25, 0.3) is 0 Å². The molecule has 0 saturated heterocycles. The second-order valence-electron chi connectivity index (χ2n) is 2.90. The number of benzene rings is 1. The molecule has 1 aromatic carbocycles. The number of carbonyl (C=O) groups excluding carboxylic acids is 1. The maximum atomic E-state index is 11.3. The van der Waals surface area contributed by atoms with Crippen LogP contribution in [-0.2, 0) is 4.79 Å². The molecular weight excluding hydrogens is 314 g/mol. The quantitative estimate of drug-likeness (QED) is 0.820. The molecule has 5 heteroatoms. The Hall–Kier alpha value is -0.330. The highest BCUT2D eigenvalue weighted by Crippen LogP contribution is 2.22. The van der Waals surface area contributed by atoms with E-state index in [1.54, 1.807) is 25.1 Å². The first-order valence-corrected chi connectivity index (χ1v) is 5.48. The number of amides is 1. The highest BCUT2D eigenvalue weighted by molar-refractivity contribution is 14.1. The van der Waals surface area contributed by atoms with Crippen LogP contribution < -0.4 is 11.1 Å². The Labute approximate surface area is 101 Å². The van der Waals surface area contributed by atoms with Crippen molar-refractivity contribution in [2.45, 2.75) is 13.0 Å². The summed E-state index contributed by atoms with van der Waals surface area (Å²) in [6.45, 7) is 1.64. The lowest BCUT2D eigenvalue weighted by molar-refractivity contribution is -0.117. The number of hydrogen-bond acceptors (Lipinski definition) is 2. The number of hydrogen-bond donors (Lipinski definition) is 2. The largest absolute Gasteiger partial charge is 0.324 e. The summed E-state index contributed by atoms with van der Waals surface area (Å²) in [7, 11) is 0. The average Bonchev–Trinajstić information content (AvgIpc) is 2.09. The molecule has 0 bridgehead atoms. The Morgan fingerprint density at radius 3 is 2.79 bits per heavy atom. The monoisotopic (exact) mass is 324 g/mol. The van der Waals surface area contributed by atoms with Gasteiger partial charge in [-0.3, -0.25) is 4.79 Å². The van der Waals surface area contributed by atoms with Crippen molar-refractivity contribution < 1.29 is 4.79 Å². The van der Waals surface area contributed by atoms with Crippen molar-refractivity contribution in [1.82, 2.24) is 0 Å². The number of nitrogens with two attached hydrogens (primary N) is 1. The van der Waals surface area contributed by atoms with Crippen LogP contribution in [0.5, 0.6) is 0 Å². The second-order valence-corrected chi connectivity index (χ2v) is 4.50. The van der Waals surface area contributed by atoms with Gasteiger partial charge in [0, 0.05) is 8.59 Å². The fourth-order valence-corrected chi connectivity index (χ4v) is 1.84. The Morgan fingerprint density at radius 2 is 2.29 bits per heavy atom. The average molecular weight is 325 g/mol. The van der Waals surface area contributed by atoms with Gasteiger partial charge in [0.05, 0.1) is 11.7 Å². The van der Waals surface area contributed by atoms with E-state index in [1.165, 1.54) is 0 Å². The molecule has 0 aliphatic heterocycles. The van der Waals surface area contributed by atoms with Gasteiger partial charge in [-0.2, -0.15) is 0 Å². The van der Waals surface area contributed by atoms with Crippen molar-refractivity contribution in [3.05, 3.63) is 26.8 Å². The van der Waals surface area contributed by atoms with Crippen LogP contribution in [0.4, 0.5) is 5.69 Å². The first kappa shape index (κ1) is 11.7. The SMILES string of the molecule is C[C@@H](N)C(=O)Nc1ccc(Cl)cc1I. The van der Waals surface area contributed by atoms with Crippen LogP contribution in [0.1, 0.15) is 6.92 Å². The van der Waals surface area contributed by atoms with E-state index in [0.29, 0.717) is 5.02 Å². The van der Waals surface area contributed by atoms with Crippen LogP contribution in [0.2, 0.25) is 5.02 Å². The van der Waals surface area contributed by atoms with E-state index in [1.807, 2.05) is 0 Å². The van der Waals surface area contributed by atoms with Crippen molar-refractivity contribution in [3.63, 3.8) is 0 Å². The zero-order valence-corrected chi connectivity index (χ0v) is 10.5. The Morgan fingerprint density at radius 1 is 1.64 bits per heavy atom. The van der Waals surface area contributed by atoms with Crippen molar-refractivity contribution in [1.29, 1.82) is 0 Å². The lowest BCUT2D eigenvalue weighted by Crippen LogP contribution is -2.32. The molecule has 1 amide bonds. The first-order chi connectivity index (χ1) is 6.50. The Bertz CT molecular complexity index is 355. The molecule has 0 aliphatic rings. The molecule has 3 N–H and O–H groups in total. The van der Waals surface area contributed by atoms with Crippen molar-refractivity contribution in [2.24, 2.45) is 5.73 Å². The van der Waals surface area contributed by atoms with Gasteiger partial charge in [0.25, 0.3) is 0 Å². The molecule has 76 valence electrons. The summed E-state index contributed by atoms with van der Waals surface area (Å²) < 4.78 is 0.893. The molecule has 0 spiro atoms. The summed E-state index contributed by atoms with van der Waals surface area (Å²) in [6.07, 6.45) is 0. The molecule has 0 radical (unpaired) electrons. The van der Waals surface area contributed by atoms with Gasteiger partial charge in [-0.05, 0) is 47.7 Å². The number of halogens is 2. The van der Waals surface area contributed by atoms with Gasteiger partial charge in [-0.1, -0.05) is 11.6 Å². The normalized spacial score (nSPS) is 12.3. The lowest BCUT2D eigenvalue weighted by Gasteiger charge is -2.09. The maximum absolute atomic E-state index is 11.3. The van der Waals surface area contributed by atoms with E-state index < -0.39 is 6.04 Å². The molecule has 14 heavy (non-hydrogen) atoms. The van der Waals surface area contributed by atoms with Gasteiger partial charge in [-0.15, -0.1) is 0 Å². The fourth-order valence-electron chi connectivity index (χ4n) is 0.837. The van der Waals surface area contributed by atoms with E-state index in [2.05, 4.69) is 27.9 Å². The highest BCUT2D eigenvalue weighted by atomic mass is 127. The Kier molecular flexibility index (Phi) is 4.15. The third kappa shape index (κ3) is 3.11. The van der Waals surface area contributed by atoms with E-state index in [-0.39, 0.29) is 5.91 Å². The fraction of sp³-hybridized carbons (Fsp3) is 0.222. The predicted octanol–water partition coefficient (Wildman–Crippen LogP) is 2.23. The summed E-state index contributed by atoms with van der Waals surface area (Å²) in [5.74, 6) is -0.203. The van der Waals surface area contributed by atoms with Crippen molar-refractivity contribution >= 4 is 45.8 Å². The summed E-state index contributed by atoms with van der Waals surface area (Å²) >= 11 is 7.88. The molecule has 1 aromatic rings. The summed E-state index contributed by atoms with van der Waals surface area (Å²) in [5, 5.41) is 3.35. The van der Waals surface area contributed by atoms with E-state index >= 15 is 0 Å². The topological polar surface area (TPSA) is 55.1 Å². The zero-order valence-electron chi connectivity index (χ0n) is 7.55. The van der Waals surface area contributed by atoms with Gasteiger partial charge in [0.2, 0.25) is 5.91 Å². The van der Waals surface area contributed by atoms with E-state index in [9.17, 15) is 4.79 Å². The standard InChI is InChI=1S/C9H10ClIN2O/c1-5(12)9(14)13-8-3-2-6(10)4-7(8)11/h2-5H,12H2,1H3,(H,13,14)/t5-/m1/s1. The smallest absolute Gasteiger partial charge is 0.241 e. The van der Waals surface area contributed by atoms with E-state index in [4.69, 9.17) is 17.3 Å². The minimum absolute atomic E-state index is 0.203. The number of nitrogens with one attached hydrogen (secondary N) is 1. The summed E-state index contributed by atoms with van der Waals surface area (Å²) in [5.41, 5.74) is 6.16. The second kappa shape index (κ2) is 4.95. The summed E-state index contributed by atoms with van der Waals surface area (Å²) in [4.78, 5) is 11.3. The molecule has 0 fully saturated rings. The first-order valence-electron chi connectivity index (χ1n) is 4.02. The predicted molar refractivity (Wildman–Crippen MR) is 66.4 cm³/mol. The van der Waals surface area contributed by atoms with Gasteiger partial charge in [0.1, 0.15) is 0 Å². The van der Waals surface area contributed by atoms with Gasteiger partial charge < -0.3 is 11.1 Å². The minimum Gasteiger partial charge on any atom is -0.324 e. The molecule has 0 heterocycles. The van der Waals surface area contributed by atoms with Crippen LogP contribution in [0, 0.1) is 3.57 Å². The number of anilines is 1. The lowest BCUT2D eigenvalue weighted by atomic mass is 10.3. The van der Waals surface area contributed by atoms with Crippen molar-refractivity contribution in [2.75, 3.05) is 5.32 Å². The van der Waals surface area contributed by atoms with Gasteiger partial charge in [0.15, 0.2) is 0 Å². The maximum Gasteiger partial charge on any atom is 0.241 e. The Balaban J connectivity index is 2.82. The molecule has 0 unspecified atom stereocenters. The molecule has 1 rings (SSSR count). The number of rotatable bonds is 2. The van der Waals surface area contributed by atoms with E-state index in [0.717, 1.165) is 9.26 Å². The zero-order chi connectivity index (χ0) is 10.7.